The van der Waals surface area contributed by atoms with Crippen LogP contribution in [0.2, 0.25) is 0 Å². The van der Waals surface area contributed by atoms with Gasteiger partial charge >= 0.3 is 0 Å². The first-order valence-electron chi connectivity index (χ1n) is 7.59. The second kappa shape index (κ2) is 6.37. The molecule has 1 aliphatic heterocycles. The fraction of sp³-hybridized carbons (Fsp3) is 0.105. The molecule has 5 heteroatoms. The summed E-state index contributed by atoms with van der Waals surface area (Å²) >= 11 is 1.64. The zero-order valence-corrected chi connectivity index (χ0v) is 13.6. The van der Waals surface area contributed by atoms with Crippen molar-refractivity contribution in [3.8, 4) is 22.6 Å². The SMILES string of the molecule is O=C(NCc1ccc2c(c1)OCO2)c1cccc(-c2ccsc2)c1. The predicted molar refractivity (Wildman–Crippen MR) is 93.5 cm³/mol. The molecule has 1 aromatic heterocycles. The van der Waals surface area contributed by atoms with Crippen LogP contribution < -0.4 is 14.8 Å². The van der Waals surface area contributed by atoms with E-state index in [2.05, 4.69) is 10.7 Å². The standard InChI is InChI=1S/C19H15NO3S/c21-19(15-3-1-2-14(9-15)16-6-7-24-11-16)20-10-13-4-5-17-18(8-13)23-12-22-17/h1-9,11H,10,12H2,(H,20,21). The second-order valence-electron chi connectivity index (χ2n) is 5.46. The molecule has 0 unspecified atom stereocenters. The molecule has 0 radical (unpaired) electrons. The fourth-order valence-corrected chi connectivity index (χ4v) is 3.27. The van der Waals surface area contributed by atoms with Crippen LogP contribution in [-0.4, -0.2) is 12.7 Å². The third-order valence-electron chi connectivity index (χ3n) is 3.87. The Morgan fingerprint density at radius 1 is 1.04 bits per heavy atom. The lowest BCUT2D eigenvalue weighted by molar-refractivity contribution is 0.0951. The number of hydrogen-bond donors (Lipinski definition) is 1. The number of hydrogen-bond acceptors (Lipinski definition) is 4. The van der Waals surface area contributed by atoms with E-state index < -0.39 is 0 Å². The third-order valence-corrected chi connectivity index (χ3v) is 4.55. The molecule has 0 bridgehead atoms. The van der Waals surface area contributed by atoms with Crippen molar-refractivity contribution in [2.24, 2.45) is 0 Å². The van der Waals surface area contributed by atoms with Gasteiger partial charge < -0.3 is 14.8 Å². The van der Waals surface area contributed by atoms with Crippen molar-refractivity contribution in [1.82, 2.24) is 5.32 Å². The summed E-state index contributed by atoms with van der Waals surface area (Å²) in [5, 5.41) is 7.05. The van der Waals surface area contributed by atoms with Crippen LogP contribution in [0, 0.1) is 0 Å². The minimum Gasteiger partial charge on any atom is -0.454 e. The number of amides is 1. The molecule has 0 saturated heterocycles. The minimum absolute atomic E-state index is 0.0928. The Hall–Kier alpha value is -2.79. The first-order valence-corrected chi connectivity index (χ1v) is 8.53. The van der Waals surface area contributed by atoms with Gasteiger partial charge in [-0.05, 0) is 57.8 Å². The number of carbonyl (C=O) groups excluding carboxylic acids is 1. The topological polar surface area (TPSA) is 47.6 Å². The second-order valence-corrected chi connectivity index (χ2v) is 6.24. The van der Waals surface area contributed by atoms with Gasteiger partial charge in [-0.2, -0.15) is 11.3 Å². The molecule has 0 fully saturated rings. The summed E-state index contributed by atoms with van der Waals surface area (Å²) in [6, 6.07) is 15.4. The molecule has 120 valence electrons. The highest BCUT2D eigenvalue weighted by molar-refractivity contribution is 7.08. The van der Waals surface area contributed by atoms with Crippen LogP contribution in [-0.2, 0) is 6.54 Å². The van der Waals surface area contributed by atoms with Crippen molar-refractivity contribution in [1.29, 1.82) is 0 Å². The van der Waals surface area contributed by atoms with Crippen molar-refractivity contribution in [3.63, 3.8) is 0 Å². The molecule has 0 aliphatic carbocycles. The van der Waals surface area contributed by atoms with Gasteiger partial charge in [0.15, 0.2) is 11.5 Å². The number of benzene rings is 2. The van der Waals surface area contributed by atoms with Crippen LogP contribution in [0.3, 0.4) is 0 Å². The summed E-state index contributed by atoms with van der Waals surface area (Å²) in [4.78, 5) is 12.4. The molecule has 3 aromatic rings. The van der Waals surface area contributed by atoms with Crippen molar-refractivity contribution in [2.45, 2.75) is 6.54 Å². The van der Waals surface area contributed by atoms with Gasteiger partial charge in [-0.15, -0.1) is 0 Å². The summed E-state index contributed by atoms with van der Waals surface area (Å²) in [5.74, 6) is 1.37. The quantitative estimate of drug-likeness (QED) is 0.780. The normalized spacial score (nSPS) is 12.2. The average Bonchev–Trinajstić information content (AvgIpc) is 3.30. The van der Waals surface area contributed by atoms with E-state index in [1.54, 1.807) is 11.3 Å². The summed E-state index contributed by atoms with van der Waals surface area (Å²) in [7, 11) is 0. The van der Waals surface area contributed by atoms with Crippen molar-refractivity contribution in [3.05, 3.63) is 70.4 Å². The number of thiophene rings is 1. The molecule has 4 rings (SSSR count). The molecule has 0 saturated carbocycles. The first kappa shape index (κ1) is 14.8. The Bertz CT molecular complexity index is 874. The minimum atomic E-state index is -0.0928. The fourth-order valence-electron chi connectivity index (χ4n) is 2.60. The van der Waals surface area contributed by atoms with Gasteiger partial charge in [0.05, 0.1) is 0 Å². The van der Waals surface area contributed by atoms with Gasteiger partial charge in [-0.3, -0.25) is 4.79 Å². The van der Waals surface area contributed by atoms with Gasteiger partial charge in [0.2, 0.25) is 6.79 Å². The molecule has 2 heterocycles. The molecule has 1 aliphatic rings. The van der Waals surface area contributed by atoms with E-state index >= 15 is 0 Å². The van der Waals surface area contributed by atoms with Gasteiger partial charge in [-0.25, -0.2) is 0 Å². The van der Waals surface area contributed by atoms with Gasteiger partial charge in [0.25, 0.3) is 5.91 Å². The summed E-state index contributed by atoms with van der Waals surface area (Å²) < 4.78 is 10.6. The lowest BCUT2D eigenvalue weighted by Crippen LogP contribution is -2.22. The molecule has 0 atom stereocenters. The lowest BCUT2D eigenvalue weighted by Gasteiger charge is -2.07. The van der Waals surface area contributed by atoms with E-state index in [0.29, 0.717) is 12.1 Å². The molecular weight excluding hydrogens is 322 g/mol. The largest absolute Gasteiger partial charge is 0.454 e. The number of fused-ring (bicyclic) bond motifs is 1. The maximum absolute atomic E-state index is 12.4. The highest BCUT2D eigenvalue weighted by Gasteiger charge is 2.14. The molecule has 1 N–H and O–H groups in total. The Labute approximate surface area is 143 Å². The van der Waals surface area contributed by atoms with E-state index in [4.69, 9.17) is 9.47 Å². The van der Waals surface area contributed by atoms with Crippen LogP contribution in [0.15, 0.2) is 59.3 Å². The summed E-state index contributed by atoms with van der Waals surface area (Å²) in [6.45, 7) is 0.693. The van der Waals surface area contributed by atoms with Gasteiger partial charge in [0, 0.05) is 12.1 Å². The number of rotatable bonds is 4. The molecule has 1 amide bonds. The van der Waals surface area contributed by atoms with E-state index in [1.165, 1.54) is 0 Å². The van der Waals surface area contributed by atoms with E-state index in [0.717, 1.165) is 28.2 Å². The zero-order chi connectivity index (χ0) is 16.4. The summed E-state index contributed by atoms with van der Waals surface area (Å²) in [5.41, 5.74) is 3.80. The van der Waals surface area contributed by atoms with Crippen molar-refractivity contribution < 1.29 is 14.3 Å². The monoisotopic (exact) mass is 337 g/mol. The highest BCUT2D eigenvalue weighted by atomic mass is 32.1. The van der Waals surface area contributed by atoms with Crippen molar-refractivity contribution >= 4 is 17.2 Å². The predicted octanol–water partition coefficient (Wildman–Crippen LogP) is 4.07. The lowest BCUT2D eigenvalue weighted by atomic mass is 10.1. The zero-order valence-electron chi connectivity index (χ0n) is 12.8. The Morgan fingerprint density at radius 2 is 1.96 bits per heavy atom. The number of carbonyl (C=O) groups is 1. The Morgan fingerprint density at radius 3 is 2.83 bits per heavy atom. The van der Waals surface area contributed by atoms with Gasteiger partial charge in [0.1, 0.15) is 0 Å². The van der Waals surface area contributed by atoms with Crippen LogP contribution in [0.5, 0.6) is 11.5 Å². The number of nitrogens with one attached hydrogen (secondary N) is 1. The van der Waals surface area contributed by atoms with E-state index in [-0.39, 0.29) is 12.7 Å². The van der Waals surface area contributed by atoms with E-state index in [1.807, 2.05) is 53.9 Å². The number of ether oxygens (including phenoxy) is 2. The van der Waals surface area contributed by atoms with Crippen LogP contribution in [0.1, 0.15) is 15.9 Å². The van der Waals surface area contributed by atoms with E-state index in [9.17, 15) is 4.79 Å². The molecule has 0 spiro atoms. The van der Waals surface area contributed by atoms with Crippen molar-refractivity contribution in [2.75, 3.05) is 6.79 Å². The average molecular weight is 337 g/mol. The molecule has 24 heavy (non-hydrogen) atoms. The maximum Gasteiger partial charge on any atom is 0.251 e. The molecule has 4 nitrogen and oxygen atoms in total. The smallest absolute Gasteiger partial charge is 0.251 e. The molecular formula is C19H15NO3S. The van der Waals surface area contributed by atoms with Gasteiger partial charge in [-0.1, -0.05) is 18.2 Å². The van der Waals surface area contributed by atoms with Crippen LogP contribution in [0.4, 0.5) is 0 Å². The highest BCUT2D eigenvalue weighted by Crippen LogP contribution is 2.32. The summed E-state index contributed by atoms with van der Waals surface area (Å²) in [6.07, 6.45) is 0. The van der Waals surface area contributed by atoms with Crippen LogP contribution in [0.25, 0.3) is 11.1 Å². The third kappa shape index (κ3) is 2.98. The first-order chi connectivity index (χ1) is 11.8. The molecule has 2 aromatic carbocycles. The Kier molecular flexibility index (Phi) is 3.92. The maximum atomic E-state index is 12.4. The van der Waals surface area contributed by atoms with Crippen LogP contribution >= 0.6 is 11.3 Å². The Balaban J connectivity index is 1.46.